The molecule has 5 saturated carbocycles. The van der Waals surface area contributed by atoms with E-state index in [0.717, 1.165) is 72.8 Å². The summed E-state index contributed by atoms with van der Waals surface area (Å²) in [6.45, 7) is 14.9. The number of nitrogens with one attached hydrogen (secondary N) is 2. The molecule has 11 atom stereocenters. The highest BCUT2D eigenvalue weighted by atomic mass is 32.2. The lowest BCUT2D eigenvalue weighted by Gasteiger charge is -2.62. The zero-order valence-corrected chi connectivity index (χ0v) is 24.2. The summed E-state index contributed by atoms with van der Waals surface area (Å²) in [6, 6.07) is 0. The molecule has 0 radical (unpaired) electrons. The molecule has 1 aliphatic heterocycles. The van der Waals surface area contributed by atoms with Gasteiger partial charge in [-0.25, -0.2) is 0 Å². The molecule has 1 saturated heterocycles. The zero-order valence-electron chi connectivity index (χ0n) is 23.4. The summed E-state index contributed by atoms with van der Waals surface area (Å²) in [5.74, 6) is 8.17. The first kappa shape index (κ1) is 25.9. The van der Waals surface area contributed by atoms with Crippen LogP contribution in [-0.4, -0.2) is 28.5 Å². The van der Waals surface area contributed by atoms with Crippen LogP contribution in [0.2, 0.25) is 0 Å². The molecule has 0 spiro atoms. The molecule has 0 aromatic carbocycles. The van der Waals surface area contributed by atoms with Crippen molar-refractivity contribution < 1.29 is 4.55 Å². The second-order valence-corrected chi connectivity index (χ2v) is 15.7. The Morgan fingerprint density at radius 3 is 2.53 bits per heavy atom. The molecule has 6 fully saturated rings. The van der Waals surface area contributed by atoms with E-state index < -0.39 is 11.5 Å². The third-order valence-corrected chi connectivity index (χ3v) is 14.1. The molecular weight excluding hydrogens is 462 g/mol. The Kier molecular flexibility index (Phi) is 7.17. The smallest absolute Gasteiger partial charge is 0.167 e. The van der Waals surface area contributed by atoms with Crippen molar-refractivity contribution in [1.29, 1.82) is 0 Å². The minimum absolute atomic E-state index is 0.560. The monoisotopic (exact) mass is 515 g/mol. The molecule has 9 unspecified atom stereocenters. The number of hydrogen-bond donors (Lipinski definition) is 2. The molecule has 5 aliphatic carbocycles. The van der Waals surface area contributed by atoms with Crippen LogP contribution in [0.3, 0.4) is 0 Å². The van der Waals surface area contributed by atoms with Crippen LogP contribution in [0.4, 0.5) is 0 Å². The fraction of sp³-hybridized carbons (Fsp3) is 0.935. The molecule has 0 amide bonds. The van der Waals surface area contributed by atoms with E-state index in [1.54, 1.807) is 0 Å². The van der Waals surface area contributed by atoms with E-state index in [0.29, 0.717) is 10.8 Å². The molecule has 0 aromatic heterocycles. The van der Waals surface area contributed by atoms with Crippen LogP contribution in [0, 0.1) is 58.2 Å². The molecule has 204 valence electrons. The summed E-state index contributed by atoms with van der Waals surface area (Å²) in [5, 5.41) is 3.44. The summed E-state index contributed by atoms with van der Waals surface area (Å²) < 4.78 is 17.7. The second kappa shape index (κ2) is 9.97. The predicted molar refractivity (Wildman–Crippen MR) is 150 cm³/mol. The third kappa shape index (κ3) is 4.45. The van der Waals surface area contributed by atoms with Crippen molar-refractivity contribution in [2.75, 3.05) is 19.6 Å². The number of piperidine rings is 1. The van der Waals surface area contributed by atoms with Crippen molar-refractivity contribution in [3.63, 3.8) is 0 Å². The fourth-order valence-corrected chi connectivity index (χ4v) is 12.0. The third-order valence-electron chi connectivity index (χ3n) is 12.9. The molecule has 0 bridgehead atoms. The van der Waals surface area contributed by atoms with Crippen LogP contribution < -0.4 is 10.0 Å². The Labute approximate surface area is 224 Å². The quantitative estimate of drug-likeness (QED) is 0.267. The van der Waals surface area contributed by atoms with Gasteiger partial charge in [-0.05, 0) is 122 Å². The Morgan fingerprint density at radius 2 is 1.75 bits per heavy atom. The Bertz CT molecular complexity index is 812. The van der Waals surface area contributed by atoms with Crippen molar-refractivity contribution in [3.8, 4) is 0 Å². The molecule has 0 aromatic rings. The molecule has 4 nitrogen and oxygen atoms in total. The van der Waals surface area contributed by atoms with Crippen LogP contribution in [0.1, 0.15) is 104 Å². The van der Waals surface area contributed by atoms with E-state index in [1.165, 1.54) is 83.5 Å². The van der Waals surface area contributed by atoms with Crippen molar-refractivity contribution in [3.05, 3.63) is 12.4 Å². The maximum Gasteiger partial charge on any atom is 0.167 e. The van der Waals surface area contributed by atoms with Crippen LogP contribution >= 0.6 is 0 Å². The minimum atomic E-state index is -1.13. The summed E-state index contributed by atoms with van der Waals surface area (Å²) >= 11 is -1.13. The lowest BCUT2D eigenvalue weighted by Crippen LogP contribution is -2.55. The summed E-state index contributed by atoms with van der Waals surface area (Å²) in [6.07, 6.45) is 18.7. The van der Waals surface area contributed by atoms with Gasteiger partial charge in [0.15, 0.2) is 11.5 Å². The van der Waals surface area contributed by atoms with Crippen molar-refractivity contribution in [1.82, 2.24) is 14.3 Å². The first-order chi connectivity index (χ1) is 17.3. The van der Waals surface area contributed by atoms with Gasteiger partial charge >= 0.3 is 0 Å². The van der Waals surface area contributed by atoms with Crippen molar-refractivity contribution >= 4 is 11.5 Å². The zero-order chi connectivity index (χ0) is 25.1. The van der Waals surface area contributed by atoms with Crippen LogP contribution in [0.25, 0.3) is 0 Å². The number of fused-ring (bicyclic) bond motifs is 6. The van der Waals surface area contributed by atoms with Gasteiger partial charge in [0, 0.05) is 19.6 Å². The van der Waals surface area contributed by atoms with Crippen LogP contribution in [0.5, 0.6) is 0 Å². The SMILES string of the molecule is C=C(NCCCC1CCC2C3C[C@H](CC)C4CCCCC4(C)[C@H]3CCC12C)N[S+]([O-])N1CC2CC2C1. The molecule has 2 N–H and O–H groups in total. The van der Waals surface area contributed by atoms with Gasteiger partial charge in [0.1, 0.15) is 5.82 Å². The standard InChI is InChI=1S/C31H53N3OS/c1-5-22-18-26-28-12-11-25(30(28,3)15-13-29(26)31(4)14-7-6-10-27(22)31)9-8-16-32-21(2)33-36(35)34-19-23-17-24(23)20-34/h22-29,32-33H,2,5-20H2,1,3-4H3/t22-,23?,24?,25?,26?,27?,28?,29-,30?,31?,36?/m0/s1. The first-order valence-electron chi connectivity index (χ1n) is 15.7. The Balaban J connectivity index is 1.00. The summed E-state index contributed by atoms with van der Waals surface area (Å²) in [5.41, 5.74) is 1.19. The van der Waals surface area contributed by atoms with E-state index in [4.69, 9.17) is 0 Å². The average molecular weight is 516 g/mol. The number of nitrogens with zero attached hydrogens (tertiary/aromatic N) is 1. The fourth-order valence-electron chi connectivity index (χ4n) is 10.9. The number of hydrogen-bond acceptors (Lipinski definition) is 4. The van der Waals surface area contributed by atoms with Crippen molar-refractivity contribution in [2.24, 2.45) is 58.2 Å². The van der Waals surface area contributed by atoms with Gasteiger partial charge in [-0.3, -0.25) is 0 Å². The van der Waals surface area contributed by atoms with E-state index in [1.807, 2.05) is 0 Å². The largest absolute Gasteiger partial charge is 0.573 e. The molecule has 36 heavy (non-hydrogen) atoms. The molecule has 1 heterocycles. The molecule has 6 aliphatic rings. The highest BCUT2D eigenvalue weighted by Crippen LogP contribution is 2.69. The maximum atomic E-state index is 12.6. The van der Waals surface area contributed by atoms with Gasteiger partial charge in [0.25, 0.3) is 0 Å². The predicted octanol–water partition coefficient (Wildman–Crippen LogP) is 6.63. The van der Waals surface area contributed by atoms with E-state index in [9.17, 15) is 4.55 Å². The van der Waals surface area contributed by atoms with E-state index in [2.05, 4.69) is 41.7 Å². The minimum Gasteiger partial charge on any atom is -0.573 e. The van der Waals surface area contributed by atoms with Gasteiger partial charge < -0.3 is 9.87 Å². The van der Waals surface area contributed by atoms with Gasteiger partial charge in [-0.1, -0.05) is 46.6 Å². The Morgan fingerprint density at radius 1 is 0.972 bits per heavy atom. The van der Waals surface area contributed by atoms with Crippen LogP contribution in [-0.2, 0) is 11.5 Å². The first-order valence-corrected chi connectivity index (χ1v) is 16.8. The lowest BCUT2D eigenvalue weighted by atomic mass is 9.42. The topological polar surface area (TPSA) is 50.4 Å². The lowest BCUT2D eigenvalue weighted by molar-refractivity contribution is -0.135. The highest BCUT2D eigenvalue weighted by molar-refractivity contribution is 7.87. The van der Waals surface area contributed by atoms with Gasteiger partial charge in [-0.2, -0.15) is 4.72 Å². The van der Waals surface area contributed by atoms with Gasteiger partial charge in [0.05, 0.1) is 0 Å². The summed E-state index contributed by atoms with van der Waals surface area (Å²) in [7, 11) is 0. The highest BCUT2D eigenvalue weighted by Gasteiger charge is 2.61. The molecule has 5 heteroatoms. The van der Waals surface area contributed by atoms with Crippen molar-refractivity contribution in [2.45, 2.75) is 104 Å². The maximum absolute atomic E-state index is 12.6. The molecular formula is C31H53N3OS. The average Bonchev–Trinajstić information content (AvgIpc) is 3.31. The van der Waals surface area contributed by atoms with E-state index >= 15 is 0 Å². The van der Waals surface area contributed by atoms with Crippen LogP contribution in [0.15, 0.2) is 12.4 Å². The molecule has 6 rings (SSSR count). The second-order valence-electron chi connectivity index (χ2n) is 14.5. The van der Waals surface area contributed by atoms with Gasteiger partial charge in [-0.15, -0.1) is 4.31 Å². The van der Waals surface area contributed by atoms with Gasteiger partial charge in [0.2, 0.25) is 0 Å². The normalized spacial score (nSPS) is 48.3. The summed E-state index contributed by atoms with van der Waals surface area (Å²) in [4.78, 5) is 0. The number of rotatable bonds is 9. The Hall–Kier alpha value is -0.390. The van der Waals surface area contributed by atoms with E-state index in [-0.39, 0.29) is 0 Å².